The van der Waals surface area contributed by atoms with Gasteiger partial charge in [0.05, 0.1) is 11.1 Å². The molecule has 0 N–H and O–H groups in total. The van der Waals surface area contributed by atoms with E-state index in [0.717, 1.165) is 37.8 Å². The fourth-order valence-electron chi connectivity index (χ4n) is 15.7. The number of fused-ring (bicyclic) bond motifs is 14. The van der Waals surface area contributed by atoms with Crippen LogP contribution in [0.5, 0.6) is 0 Å². The van der Waals surface area contributed by atoms with Crippen molar-refractivity contribution in [2.24, 2.45) is 5.92 Å². The molecule has 76 heavy (non-hydrogen) atoms. The molecule has 2 heteroatoms. The van der Waals surface area contributed by atoms with Crippen molar-refractivity contribution in [2.75, 3.05) is 9.80 Å². The van der Waals surface area contributed by atoms with Gasteiger partial charge in [-0.3, -0.25) is 0 Å². The number of hydrogen-bond acceptors (Lipinski definition) is 2. The first-order valence-electron chi connectivity index (χ1n) is 28.1. The van der Waals surface area contributed by atoms with Crippen molar-refractivity contribution < 1.29 is 0 Å². The highest BCUT2D eigenvalue weighted by Gasteiger charge is 2.53. The van der Waals surface area contributed by atoms with E-state index in [1.807, 2.05) is 0 Å². The first-order chi connectivity index (χ1) is 36.9. The summed E-state index contributed by atoms with van der Waals surface area (Å²) in [6.45, 7) is 21.0. The minimum atomic E-state index is -0.430. The summed E-state index contributed by atoms with van der Waals surface area (Å²) in [5.41, 5.74) is 29.1. The van der Waals surface area contributed by atoms with Crippen LogP contribution in [0, 0.1) is 5.92 Å². The molecule has 2 aliphatic heterocycles. The van der Waals surface area contributed by atoms with Crippen LogP contribution in [0.3, 0.4) is 0 Å². The van der Waals surface area contributed by atoms with Gasteiger partial charge in [-0.15, -0.1) is 0 Å². The number of rotatable bonds is 6. The molecule has 2 nitrogen and oxygen atoms in total. The summed E-state index contributed by atoms with van der Waals surface area (Å²) in [5, 5.41) is 0. The van der Waals surface area contributed by atoms with Crippen molar-refractivity contribution in [1.82, 2.24) is 0 Å². The largest absolute Gasteiger partial charge is 0.314 e. The van der Waals surface area contributed by atoms with Gasteiger partial charge in [0.15, 0.2) is 0 Å². The van der Waals surface area contributed by atoms with E-state index in [4.69, 9.17) is 0 Å². The van der Waals surface area contributed by atoms with Gasteiger partial charge in [-0.1, -0.05) is 206 Å². The quantitative estimate of drug-likeness (QED) is 0.121. The summed E-state index contributed by atoms with van der Waals surface area (Å²) in [6.07, 6.45) is 33.5. The SMILES string of the molecule is C=CC1=C(/C=C\C)C(C)(C)c2ccccc2N1C1=CC2C(C=C1)c1ccc(/C=C/c3ccc4c(c3)C3(C5=C(CCC=C5)c5ccccc53)c3cc(N5C6=C(CC=CCC6)C(C)(C)c6ccccc65)ccc3-4)cc1C2(C)C. The highest BCUT2D eigenvalue weighted by molar-refractivity contribution is 5.98. The van der Waals surface area contributed by atoms with Crippen LogP contribution >= 0.6 is 0 Å². The Hall–Kier alpha value is -7.68. The van der Waals surface area contributed by atoms with E-state index in [2.05, 4.69) is 265 Å². The minimum absolute atomic E-state index is 0.0523. The maximum atomic E-state index is 4.39. The van der Waals surface area contributed by atoms with Crippen molar-refractivity contribution in [3.8, 4) is 11.1 Å². The molecule has 374 valence electrons. The number of nitrogens with zero attached hydrogens (tertiary/aromatic N) is 2. The zero-order valence-corrected chi connectivity index (χ0v) is 45.3. The van der Waals surface area contributed by atoms with Crippen LogP contribution in [-0.2, 0) is 21.7 Å². The van der Waals surface area contributed by atoms with Gasteiger partial charge in [-0.05, 0) is 182 Å². The summed E-state index contributed by atoms with van der Waals surface area (Å²) in [4.78, 5) is 5.11. The molecule has 0 saturated heterocycles. The molecule has 0 fully saturated rings. The second-order valence-corrected chi connectivity index (χ2v) is 24.2. The van der Waals surface area contributed by atoms with Crippen LogP contribution in [-0.4, -0.2) is 0 Å². The smallest absolute Gasteiger partial charge is 0.0723 e. The number of para-hydroxylation sites is 2. The summed E-state index contributed by atoms with van der Waals surface area (Å²) in [6, 6.07) is 49.5. The summed E-state index contributed by atoms with van der Waals surface area (Å²) < 4.78 is 0. The van der Waals surface area contributed by atoms with Crippen molar-refractivity contribution in [3.05, 3.63) is 284 Å². The molecule has 2 heterocycles. The molecule has 0 radical (unpaired) electrons. The molecule has 0 saturated carbocycles. The molecule has 1 spiro atoms. The monoisotopic (exact) mass is 985 g/mol. The number of hydrogen-bond donors (Lipinski definition) is 0. The van der Waals surface area contributed by atoms with E-state index in [1.165, 1.54) is 118 Å². The molecule has 0 aromatic heterocycles. The predicted molar refractivity (Wildman–Crippen MR) is 321 cm³/mol. The lowest BCUT2D eigenvalue weighted by molar-refractivity contribution is 0.392. The Morgan fingerprint density at radius 2 is 1.24 bits per heavy atom. The second kappa shape index (κ2) is 16.9. The molecule has 6 aromatic carbocycles. The van der Waals surface area contributed by atoms with E-state index in [-0.39, 0.29) is 16.2 Å². The standard InChI is InChI=1S/C74H68N2/c1-9-22-59-67(10-2)75(68-31-20-18-28-61(68)71(59,3)4)49-37-41-54-53-39-35-47(43-63(53)73(7,8)64(54)45-49)33-34-48-36-40-55-56-42-38-50(76-69-30-13-11-12-27-60(69)72(5,6)62-29-19-21-32-70(62)76)46-66(56)74(65(55)44-48)57-25-16-14-23-51(57)52-24-15-17-26-58(52)74/h9-12,14,16-23,25-26,28-29,31-46,54,64H,2,13,15,24,27,30H2,1,3-8H3/b22-9-,34-33+. The van der Waals surface area contributed by atoms with Crippen LogP contribution in [0.1, 0.15) is 142 Å². The van der Waals surface area contributed by atoms with Crippen LogP contribution in [0.25, 0.3) is 28.9 Å². The molecule has 14 rings (SSSR count). The molecule has 3 atom stereocenters. The van der Waals surface area contributed by atoms with Gasteiger partial charge in [0.1, 0.15) is 0 Å². The zero-order valence-electron chi connectivity index (χ0n) is 45.3. The third-order valence-corrected chi connectivity index (χ3v) is 19.3. The average Bonchev–Trinajstić information content (AvgIpc) is 4.03. The second-order valence-electron chi connectivity index (χ2n) is 24.2. The molecular formula is C74H68N2. The third kappa shape index (κ3) is 6.40. The van der Waals surface area contributed by atoms with Crippen molar-refractivity contribution >= 4 is 34.8 Å². The Kier molecular flexibility index (Phi) is 10.4. The third-order valence-electron chi connectivity index (χ3n) is 19.3. The van der Waals surface area contributed by atoms with Crippen LogP contribution in [0.4, 0.5) is 17.1 Å². The molecule has 8 aliphatic rings. The summed E-state index contributed by atoms with van der Waals surface area (Å²) in [5.74, 6) is 0.614. The van der Waals surface area contributed by atoms with Gasteiger partial charge in [-0.2, -0.15) is 0 Å². The molecule has 0 amide bonds. The van der Waals surface area contributed by atoms with E-state index in [9.17, 15) is 0 Å². The Morgan fingerprint density at radius 1 is 0.579 bits per heavy atom. The maximum Gasteiger partial charge on any atom is 0.0723 e. The van der Waals surface area contributed by atoms with E-state index >= 15 is 0 Å². The van der Waals surface area contributed by atoms with Gasteiger partial charge in [-0.25, -0.2) is 0 Å². The highest BCUT2D eigenvalue weighted by Crippen LogP contribution is 2.65. The first-order valence-corrected chi connectivity index (χ1v) is 28.1. The van der Waals surface area contributed by atoms with Gasteiger partial charge in [0.25, 0.3) is 0 Å². The number of allylic oxidation sites excluding steroid dienone is 15. The maximum absolute atomic E-state index is 4.39. The van der Waals surface area contributed by atoms with E-state index in [0.29, 0.717) is 11.8 Å². The lowest BCUT2D eigenvalue weighted by Crippen LogP contribution is -2.36. The van der Waals surface area contributed by atoms with Gasteiger partial charge in [0, 0.05) is 45.2 Å². The number of anilines is 3. The zero-order chi connectivity index (χ0) is 51.9. The Morgan fingerprint density at radius 3 is 2.00 bits per heavy atom. The summed E-state index contributed by atoms with van der Waals surface area (Å²) in [7, 11) is 0. The van der Waals surface area contributed by atoms with Gasteiger partial charge >= 0.3 is 0 Å². The molecule has 6 aliphatic carbocycles. The predicted octanol–water partition coefficient (Wildman–Crippen LogP) is 19.0. The number of benzene rings is 6. The van der Waals surface area contributed by atoms with Crippen LogP contribution in [0.2, 0.25) is 0 Å². The lowest BCUT2D eigenvalue weighted by atomic mass is 9.68. The van der Waals surface area contributed by atoms with Crippen LogP contribution in [0.15, 0.2) is 229 Å². The molecule has 3 unspecified atom stereocenters. The van der Waals surface area contributed by atoms with Gasteiger partial charge in [0.2, 0.25) is 0 Å². The lowest BCUT2D eigenvalue weighted by Gasteiger charge is -2.44. The van der Waals surface area contributed by atoms with Crippen molar-refractivity contribution in [2.45, 2.75) is 108 Å². The van der Waals surface area contributed by atoms with Crippen LogP contribution < -0.4 is 9.80 Å². The topological polar surface area (TPSA) is 6.48 Å². The molecule has 0 bridgehead atoms. The van der Waals surface area contributed by atoms with E-state index in [1.54, 1.807) is 0 Å². The highest BCUT2D eigenvalue weighted by atomic mass is 15.2. The van der Waals surface area contributed by atoms with E-state index < -0.39 is 5.41 Å². The molecule has 6 aromatic rings. The Bertz CT molecular complexity index is 3820. The minimum Gasteiger partial charge on any atom is -0.314 e. The fraction of sp³-hybridized carbons (Fsp3) is 0.243. The first kappa shape index (κ1) is 46.8. The normalized spacial score (nSPS) is 23.5. The Balaban J connectivity index is 0.847. The molecular weight excluding hydrogens is 917 g/mol. The Labute approximate surface area is 451 Å². The van der Waals surface area contributed by atoms with Crippen molar-refractivity contribution in [1.29, 1.82) is 0 Å². The van der Waals surface area contributed by atoms with Crippen molar-refractivity contribution in [3.63, 3.8) is 0 Å². The fourth-order valence-corrected chi connectivity index (χ4v) is 15.7. The van der Waals surface area contributed by atoms with Gasteiger partial charge < -0.3 is 9.80 Å². The average molecular weight is 985 g/mol. The summed E-state index contributed by atoms with van der Waals surface area (Å²) >= 11 is 0.